The quantitative estimate of drug-likeness (QED) is 0.497. The summed E-state index contributed by atoms with van der Waals surface area (Å²) in [5, 5.41) is 13.4. The van der Waals surface area contributed by atoms with Crippen LogP contribution in [0.5, 0.6) is 0 Å². The van der Waals surface area contributed by atoms with Gasteiger partial charge in [-0.15, -0.1) is 0 Å². The highest BCUT2D eigenvalue weighted by Gasteiger charge is 2.15. The van der Waals surface area contributed by atoms with E-state index >= 15 is 0 Å². The lowest BCUT2D eigenvalue weighted by molar-refractivity contribution is 0.825. The largest absolute Gasteiger partial charge is 0.369 e. The van der Waals surface area contributed by atoms with Crippen LogP contribution >= 0.6 is 11.8 Å². The van der Waals surface area contributed by atoms with Crippen molar-refractivity contribution in [2.45, 2.75) is 24.9 Å². The van der Waals surface area contributed by atoms with Crippen LogP contribution in [0.2, 0.25) is 0 Å². The van der Waals surface area contributed by atoms with Gasteiger partial charge in [0.1, 0.15) is 17.5 Å². The Balaban J connectivity index is 2.48. The second kappa shape index (κ2) is 7.65. The minimum Gasteiger partial charge on any atom is -0.369 e. The molecule has 1 N–H and O–H groups in total. The lowest BCUT2D eigenvalue weighted by Crippen LogP contribution is -2.08. The number of unbranched alkanes of at least 4 members (excludes halogenated alkanes) is 1. The number of rotatable bonds is 6. The molecule has 0 aliphatic rings. The van der Waals surface area contributed by atoms with E-state index in [4.69, 9.17) is 0 Å². The second-order valence-electron chi connectivity index (χ2n) is 4.54. The van der Waals surface area contributed by atoms with Gasteiger partial charge in [0, 0.05) is 12.1 Å². The van der Waals surface area contributed by atoms with E-state index in [2.05, 4.69) is 28.3 Å². The van der Waals surface area contributed by atoms with E-state index in [1.54, 1.807) is 0 Å². The number of aromatic nitrogens is 2. The van der Waals surface area contributed by atoms with Crippen LogP contribution in [0.1, 0.15) is 25.3 Å². The van der Waals surface area contributed by atoms with Crippen molar-refractivity contribution < 1.29 is 0 Å². The first-order valence-corrected chi connectivity index (χ1v) is 8.18. The van der Waals surface area contributed by atoms with E-state index in [0.717, 1.165) is 24.9 Å². The third-order valence-corrected chi connectivity index (χ3v) is 3.60. The summed E-state index contributed by atoms with van der Waals surface area (Å²) in [5.41, 5.74) is 2.14. The molecule has 0 spiro atoms. The number of nitrogens with zero attached hydrogens (tertiary/aromatic N) is 3. The van der Waals surface area contributed by atoms with Gasteiger partial charge in [0.05, 0.1) is 5.69 Å². The highest BCUT2D eigenvalue weighted by atomic mass is 32.2. The standard InChI is InChI=1S/C16H18N4S/c1-3-4-10-18-15-13(11-17)14(19-16(20-15)21-2)12-8-6-5-7-9-12/h5-9H,3-4,10H2,1-2H3,(H,18,19,20). The lowest BCUT2D eigenvalue weighted by atomic mass is 10.1. The molecule has 1 aromatic carbocycles. The summed E-state index contributed by atoms with van der Waals surface area (Å²) in [5.74, 6) is 0.629. The van der Waals surface area contributed by atoms with Crippen molar-refractivity contribution in [2.24, 2.45) is 0 Å². The highest BCUT2D eigenvalue weighted by Crippen LogP contribution is 2.28. The fraction of sp³-hybridized carbons (Fsp3) is 0.312. The van der Waals surface area contributed by atoms with Crippen LogP contribution < -0.4 is 5.32 Å². The molecule has 2 aromatic rings. The van der Waals surface area contributed by atoms with Crippen LogP contribution in [0.15, 0.2) is 35.5 Å². The molecule has 0 aliphatic carbocycles. The van der Waals surface area contributed by atoms with Gasteiger partial charge in [-0.3, -0.25) is 0 Å². The average Bonchev–Trinajstić information content (AvgIpc) is 2.55. The van der Waals surface area contributed by atoms with Crippen molar-refractivity contribution in [3.63, 3.8) is 0 Å². The molecule has 21 heavy (non-hydrogen) atoms. The monoisotopic (exact) mass is 298 g/mol. The first kappa shape index (κ1) is 15.3. The van der Waals surface area contributed by atoms with Gasteiger partial charge in [-0.25, -0.2) is 9.97 Å². The number of anilines is 1. The Hall–Kier alpha value is -2.06. The van der Waals surface area contributed by atoms with E-state index < -0.39 is 0 Å². The maximum Gasteiger partial charge on any atom is 0.189 e. The van der Waals surface area contributed by atoms with Gasteiger partial charge in [-0.05, 0) is 12.7 Å². The molecule has 2 rings (SSSR count). The number of thioether (sulfide) groups is 1. The van der Waals surface area contributed by atoms with Crippen molar-refractivity contribution in [3.8, 4) is 17.3 Å². The van der Waals surface area contributed by atoms with Crippen molar-refractivity contribution in [2.75, 3.05) is 18.1 Å². The molecular formula is C16H18N4S. The summed E-state index contributed by atoms with van der Waals surface area (Å²) in [7, 11) is 0. The van der Waals surface area contributed by atoms with Gasteiger partial charge in [-0.1, -0.05) is 55.4 Å². The van der Waals surface area contributed by atoms with Crippen LogP contribution in [0.3, 0.4) is 0 Å². The van der Waals surface area contributed by atoms with Gasteiger partial charge < -0.3 is 5.32 Å². The number of nitrogens with one attached hydrogen (secondary N) is 1. The van der Waals surface area contributed by atoms with Gasteiger partial charge in [0.2, 0.25) is 0 Å². The molecule has 0 fully saturated rings. The molecule has 1 heterocycles. The summed E-state index contributed by atoms with van der Waals surface area (Å²) in [6.45, 7) is 2.94. The highest BCUT2D eigenvalue weighted by molar-refractivity contribution is 7.98. The normalized spacial score (nSPS) is 10.1. The molecule has 0 saturated heterocycles. The van der Waals surface area contributed by atoms with Crippen LogP contribution in [0.4, 0.5) is 5.82 Å². The maximum absolute atomic E-state index is 9.50. The van der Waals surface area contributed by atoms with Crippen molar-refractivity contribution in [3.05, 3.63) is 35.9 Å². The third-order valence-electron chi connectivity index (χ3n) is 3.05. The zero-order valence-electron chi connectivity index (χ0n) is 12.3. The van der Waals surface area contributed by atoms with Gasteiger partial charge in [0.25, 0.3) is 0 Å². The first-order chi connectivity index (χ1) is 10.3. The van der Waals surface area contributed by atoms with Gasteiger partial charge >= 0.3 is 0 Å². The van der Waals surface area contributed by atoms with E-state index in [9.17, 15) is 5.26 Å². The number of hydrogen-bond acceptors (Lipinski definition) is 5. The minimum atomic E-state index is 0.509. The smallest absolute Gasteiger partial charge is 0.189 e. The van der Waals surface area contributed by atoms with Crippen LogP contribution in [-0.2, 0) is 0 Å². The lowest BCUT2D eigenvalue weighted by Gasteiger charge is -2.11. The molecule has 108 valence electrons. The zero-order chi connectivity index (χ0) is 15.1. The van der Waals surface area contributed by atoms with Crippen molar-refractivity contribution >= 4 is 17.6 Å². The topological polar surface area (TPSA) is 61.6 Å². The number of nitriles is 1. The summed E-state index contributed by atoms with van der Waals surface area (Å²) >= 11 is 1.48. The summed E-state index contributed by atoms with van der Waals surface area (Å²) < 4.78 is 0. The molecule has 0 bridgehead atoms. The Bertz CT molecular complexity index is 635. The molecule has 4 nitrogen and oxygen atoms in total. The van der Waals surface area contributed by atoms with Crippen molar-refractivity contribution in [1.29, 1.82) is 5.26 Å². The fourth-order valence-electron chi connectivity index (χ4n) is 1.95. The molecule has 5 heteroatoms. The molecule has 1 aromatic heterocycles. The van der Waals surface area contributed by atoms with Crippen LogP contribution in [0, 0.1) is 11.3 Å². The summed E-state index contributed by atoms with van der Waals surface area (Å²) in [6.07, 6.45) is 4.08. The Morgan fingerprint density at radius 1 is 1.24 bits per heavy atom. The Kier molecular flexibility index (Phi) is 5.59. The average molecular weight is 298 g/mol. The second-order valence-corrected chi connectivity index (χ2v) is 5.31. The van der Waals surface area contributed by atoms with Gasteiger partial charge in [-0.2, -0.15) is 5.26 Å². The molecule has 0 aliphatic heterocycles. The Morgan fingerprint density at radius 3 is 2.62 bits per heavy atom. The molecule has 0 atom stereocenters. The summed E-state index contributed by atoms with van der Waals surface area (Å²) in [6, 6.07) is 12.0. The number of hydrogen-bond donors (Lipinski definition) is 1. The summed E-state index contributed by atoms with van der Waals surface area (Å²) in [4.78, 5) is 8.95. The molecular weight excluding hydrogens is 280 g/mol. The Morgan fingerprint density at radius 2 is 2.00 bits per heavy atom. The third kappa shape index (κ3) is 3.73. The first-order valence-electron chi connectivity index (χ1n) is 6.95. The van der Waals surface area contributed by atoms with Crippen LogP contribution in [0.25, 0.3) is 11.3 Å². The van der Waals surface area contributed by atoms with Gasteiger partial charge in [0.15, 0.2) is 5.16 Å². The fourth-order valence-corrected chi connectivity index (χ4v) is 2.32. The molecule has 0 unspecified atom stereocenters. The molecule has 0 amide bonds. The SMILES string of the molecule is CCCCNc1nc(SC)nc(-c2ccccc2)c1C#N. The van der Waals surface area contributed by atoms with E-state index in [-0.39, 0.29) is 0 Å². The predicted molar refractivity (Wildman–Crippen MR) is 87.4 cm³/mol. The van der Waals surface area contributed by atoms with E-state index in [0.29, 0.717) is 22.2 Å². The molecule has 0 saturated carbocycles. The Labute approximate surface area is 129 Å². The predicted octanol–water partition coefficient (Wildman–Crippen LogP) is 3.95. The van der Waals surface area contributed by atoms with E-state index in [1.165, 1.54) is 11.8 Å². The van der Waals surface area contributed by atoms with Crippen LogP contribution in [-0.4, -0.2) is 22.8 Å². The minimum absolute atomic E-state index is 0.509. The number of benzene rings is 1. The maximum atomic E-state index is 9.50. The zero-order valence-corrected chi connectivity index (χ0v) is 13.1. The van der Waals surface area contributed by atoms with E-state index in [1.807, 2.05) is 36.6 Å². The van der Waals surface area contributed by atoms with Crippen molar-refractivity contribution in [1.82, 2.24) is 9.97 Å². The molecule has 0 radical (unpaired) electrons.